The van der Waals surface area contributed by atoms with Gasteiger partial charge < -0.3 is 10.6 Å². The minimum atomic E-state index is -0.284. The first-order chi connectivity index (χ1) is 11.1. The molecule has 1 aromatic carbocycles. The minimum absolute atomic E-state index is 0.00361. The average molecular weight is 318 g/mol. The van der Waals surface area contributed by atoms with E-state index in [1.807, 2.05) is 0 Å². The Morgan fingerprint density at radius 2 is 1.57 bits per heavy atom. The number of rotatable bonds is 6. The van der Waals surface area contributed by atoms with Gasteiger partial charge in [-0.3, -0.25) is 9.59 Å². The van der Waals surface area contributed by atoms with Crippen molar-refractivity contribution >= 4 is 11.8 Å². The highest BCUT2D eigenvalue weighted by molar-refractivity contribution is 5.81. The summed E-state index contributed by atoms with van der Waals surface area (Å²) in [4.78, 5) is 24.1. The third-order valence-corrected chi connectivity index (χ3v) is 4.27. The maximum atomic E-state index is 12.8. The molecule has 0 bridgehead atoms. The van der Waals surface area contributed by atoms with E-state index in [0.29, 0.717) is 13.1 Å². The largest absolute Gasteiger partial charge is 0.352 e. The van der Waals surface area contributed by atoms with Crippen molar-refractivity contribution in [2.24, 2.45) is 11.8 Å². The fourth-order valence-corrected chi connectivity index (χ4v) is 2.87. The second-order valence-electron chi connectivity index (χ2n) is 5.93. The topological polar surface area (TPSA) is 58.2 Å². The van der Waals surface area contributed by atoms with Crippen molar-refractivity contribution in [3.63, 3.8) is 0 Å². The van der Waals surface area contributed by atoms with Gasteiger partial charge >= 0.3 is 0 Å². The zero-order chi connectivity index (χ0) is 16.7. The highest BCUT2D eigenvalue weighted by Gasteiger charge is 2.29. The number of benzene rings is 1. The molecule has 0 atom stereocenters. The monoisotopic (exact) mass is 318 g/mol. The fourth-order valence-electron chi connectivity index (χ4n) is 2.87. The molecule has 2 N–H and O–H groups in total. The SMILES string of the molecule is C=CCNC(=O)C1CCC(C(=O)NCc2ccc(F)cc2)CC1. The van der Waals surface area contributed by atoms with Crippen molar-refractivity contribution in [2.75, 3.05) is 6.54 Å². The molecule has 1 aliphatic carbocycles. The molecule has 0 heterocycles. The molecular formula is C18H23FN2O2. The minimum Gasteiger partial charge on any atom is -0.352 e. The van der Waals surface area contributed by atoms with Crippen LogP contribution in [0.1, 0.15) is 31.2 Å². The summed E-state index contributed by atoms with van der Waals surface area (Å²) in [5.74, 6) is -0.266. The zero-order valence-electron chi connectivity index (χ0n) is 13.2. The summed E-state index contributed by atoms with van der Waals surface area (Å²) in [6.45, 7) is 4.46. The lowest BCUT2D eigenvalue weighted by Crippen LogP contribution is -2.37. The zero-order valence-corrected chi connectivity index (χ0v) is 13.2. The first-order valence-corrected chi connectivity index (χ1v) is 8.01. The molecule has 1 saturated carbocycles. The Balaban J connectivity index is 1.74. The van der Waals surface area contributed by atoms with Crippen LogP contribution in [-0.2, 0) is 16.1 Å². The highest BCUT2D eigenvalue weighted by Crippen LogP contribution is 2.29. The van der Waals surface area contributed by atoms with Crippen LogP contribution in [0.3, 0.4) is 0 Å². The molecule has 0 radical (unpaired) electrons. The molecule has 5 heteroatoms. The second kappa shape index (κ2) is 8.46. The Hall–Kier alpha value is -2.17. The summed E-state index contributed by atoms with van der Waals surface area (Å²) in [7, 11) is 0. The highest BCUT2D eigenvalue weighted by atomic mass is 19.1. The Bertz CT molecular complexity index is 549. The van der Waals surface area contributed by atoms with Crippen molar-refractivity contribution < 1.29 is 14.0 Å². The van der Waals surface area contributed by atoms with Crippen molar-refractivity contribution in [1.29, 1.82) is 0 Å². The van der Waals surface area contributed by atoms with Crippen molar-refractivity contribution in [3.8, 4) is 0 Å². The number of hydrogen-bond donors (Lipinski definition) is 2. The van der Waals surface area contributed by atoms with Crippen molar-refractivity contribution in [2.45, 2.75) is 32.2 Å². The van der Waals surface area contributed by atoms with E-state index in [2.05, 4.69) is 17.2 Å². The molecule has 0 spiro atoms. The smallest absolute Gasteiger partial charge is 0.223 e. The Morgan fingerprint density at radius 3 is 2.09 bits per heavy atom. The molecule has 0 aromatic heterocycles. The van der Waals surface area contributed by atoms with Crippen LogP contribution >= 0.6 is 0 Å². The normalized spacial score (nSPS) is 20.6. The van der Waals surface area contributed by atoms with Gasteiger partial charge in [-0.2, -0.15) is 0 Å². The van der Waals surface area contributed by atoms with E-state index in [0.717, 1.165) is 31.2 Å². The average Bonchev–Trinajstić information content (AvgIpc) is 2.59. The Kier molecular flexibility index (Phi) is 6.32. The van der Waals surface area contributed by atoms with E-state index in [4.69, 9.17) is 0 Å². The summed E-state index contributed by atoms with van der Waals surface area (Å²) in [6.07, 6.45) is 4.57. The van der Waals surface area contributed by atoms with Crippen LogP contribution in [0.4, 0.5) is 4.39 Å². The number of carbonyl (C=O) groups is 2. The molecule has 23 heavy (non-hydrogen) atoms. The van der Waals surface area contributed by atoms with Gasteiger partial charge in [0.15, 0.2) is 0 Å². The van der Waals surface area contributed by atoms with Gasteiger partial charge in [0.25, 0.3) is 0 Å². The van der Waals surface area contributed by atoms with Gasteiger partial charge in [-0.25, -0.2) is 4.39 Å². The lowest BCUT2D eigenvalue weighted by molar-refractivity contribution is -0.130. The summed E-state index contributed by atoms with van der Waals surface area (Å²) < 4.78 is 12.8. The van der Waals surface area contributed by atoms with Crippen LogP contribution in [0.5, 0.6) is 0 Å². The van der Waals surface area contributed by atoms with Crippen LogP contribution in [0.25, 0.3) is 0 Å². The quantitative estimate of drug-likeness (QED) is 0.792. The standard InChI is InChI=1S/C18H23FN2O2/c1-2-11-20-17(22)14-5-7-15(8-6-14)18(23)21-12-13-3-9-16(19)10-4-13/h2-4,9-10,14-15H,1,5-8,11-12H2,(H,20,22)(H,21,23). The van der Waals surface area contributed by atoms with E-state index in [1.54, 1.807) is 18.2 Å². The van der Waals surface area contributed by atoms with Crippen LogP contribution in [0.2, 0.25) is 0 Å². The third-order valence-electron chi connectivity index (χ3n) is 4.27. The van der Waals surface area contributed by atoms with E-state index in [-0.39, 0.29) is 29.5 Å². The predicted molar refractivity (Wildman–Crippen MR) is 86.9 cm³/mol. The van der Waals surface area contributed by atoms with Crippen molar-refractivity contribution in [1.82, 2.24) is 10.6 Å². The Labute approximate surface area is 136 Å². The van der Waals surface area contributed by atoms with Gasteiger partial charge in [-0.1, -0.05) is 18.2 Å². The molecule has 124 valence electrons. The number of nitrogens with one attached hydrogen (secondary N) is 2. The lowest BCUT2D eigenvalue weighted by atomic mass is 9.81. The van der Waals surface area contributed by atoms with Crippen LogP contribution in [0, 0.1) is 17.7 Å². The van der Waals surface area contributed by atoms with E-state index >= 15 is 0 Å². The molecule has 2 rings (SSSR count). The first-order valence-electron chi connectivity index (χ1n) is 8.01. The van der Waals surface area contributed by atoms with E-state index in [9.17, 15) is 14.0 Å². The fraction of sp³-hybridized carbons (Fsp3) is 0.444. The van der Waals surface area contributed by atoms with Gasteiger partial charge in [0.2, 0.25) is 11.8 Å². The Morgan fingerprint density at radius 1 is 1.04 bits per heavy atom. The van der Waals surface area contributed by atoms with Crippen LogP contribution < -0.4 is 10.6 Å². The predicted octanol–water partition coefficient (Wildman–Crippen LogP) is 2.55. The lowest BCUT2D eigenvalue weighted by Gasteiger charge is -2.27. The summed E-state index contributed by atoms with van der Waals surface area (Å²) >= 11 is 0. The van der Waals surface area contributed by atoms with Gasteiger partial charge in [-0.05, 0) is 43.4 Å². The third kappa shape index (κ3) is 5.20. The van der Waals surface area contributed by atoms with Gasteiger partial charge in [0, 0.05) is 24.9 Å². The molecular weight excluding hydrogens is 295 g/mol. The number of amides is 2. The van der Waals surface area contributed by atoms with E-state index < -0.39 is 0 Å². The molecule has 0 saturated heterocycles. The van der Waals surface area contributed by atoms with E-state index in [1.165, 1.54) is 12.1 Å². The summed E-state index contributed by atoms with van der Waals surface area (Å²) in [5, 5.41) is 5.70. The summed E-state index contributed by atoms with van der Waals surface area (Å²) in [6, 6.07) is 6.09. The summed E-state index contributed by atoms with van der Waals surface area (Å²) in [5.41, 5.74) is 0.872. The molecule has 0 unspecified atom stereocenters. The van der Waals surface area contributed by atoms with Gasteiger partial charge in [-0.15, -0.1) is 6.58 Å². The molecule has 1 fully saturated rings. The molecule has 1 aliphatic rings. The van der Waals surface area contributed by atoms with Crippen LogP contribution in [0.15, 0.2) is 36.9 Å². The number of halogens is 1. The molecule has 1 aromatic rings. The van der Waals surface area contributed by atoms with Gasteiger partial charge in [0.05, 0.1) is 0 Å². The maximum absolute atomic E-state index is 12.8. The second-order valence-corrected chi connectivity index (χ2v) is 5.93. The number of carbonyl (C=O) groups excluding carboxylic acids is 2. The van der Waals surface area contributed by atoms with Gasteiger partial charge in [0.1, 0.15) is 5.82 Å². The number of hydrogen-bond acceptors (Lipinski definition) is 2. The molecule has 4 nitrogen and oxygen atoms in total. The maximum Gasteiger partial charge on any atom is 0.223 e. The molecule has 0 aliphatic heterocycles. The molecule has 2 amide bonds. The van der Waals surface area contributed by atoms with Crippen LogP contribution in [-0.4, -0.2) is 18.4 Å². The van der Waals surface area contributed by atoms with Crippen molar-refractivity contribution in [3.05, 3.63) is 48.3 Å². The first kappa shape index (κ1) is 17.2.